The maximum atomic E-state index is 12.8. The number of aliphatic hydroxyl groups is 2. The van der Waals surface area contributed by atoms with Crippen molar-refractivity contribution in [1.82, 2.24) is 10.2 Å². The molecule has 1 aromatic carbocycles. The van der Waals surface area contributed by atoms with Crippen molar-refractivity contribution in [2.24, 2.45) is 11.3 Å². The van der Waals surface area contributed by atoms with E-state index in [-0.39, 0.29) is 19.0 Å². The first-order valence-electron chi connectivity index (χ1n) is 8.85. The van der Waals surface area contributed by atoms with Gasteiger partial charge in [-0.3, -0.25) is 4.79 Å². The molecule has 4 N–H and O–H groups in total. The molecule has 1 aliphatic rings. The van der Waals surface area contributed by atoms with Crippen LogP contribution in [0.3, 0.4) is 0 Å². The quantitative estimate of drug-likeness (QED) is 0.620. The van der Waals surface area contributed by atoms with E-state index in [1.54, 1.807) is 52.0 Å². The molecule has 0 aromatic heterocycles. The van der Waals surface area contributed by atoms with Gasteiger partial charge in [-0.1, -0.05) is 44.5 Å². The first kappa shape index (κ1) is 21.5. The average Bonchev–Trinajstić information content (AvgIpc) is 2.57. The molecule has 2 amide bonds. The van der Waals surface area contributed by atoms with Gasteiger partial charge in [-0.05, 0) is 24.6 Å². The second kappa shape index (κ2) is 7.66. The van der Waals surface area contributed by atoms with Crippen LogP contribution < -0.4 is 5.32 Å². The van der Waals surface area contributed by atoms with E-state index in [1.807, 2.05) is 0 Å². The molecule has 0 radical (unpaired) electrons. The van der Waals surface area contributed by atoms with Gasteiger partial charge in [0.1, 0.15) is 11.7 Å². The monoisotopic (exact) mass is 398 g/mol. The number of hydrogen-bond acceptors (Lipinski definition) is 4. The van der Waals surface area contributed by atoms with Crippen molar-refractivity contribution in [3.8, 4) is 0 Å². The minimum atomic E-state index is -1.55. The lowest BCUT2D eigenvalue weighted by molar-refractivity contribution is -0.200. The molecule has 150 valence electrons. The zero-order valence-corrected chi connectivity index (χ0v) is 16.7. The van der Waals surface area contributed by atoms with Gasteiger partial charge in [0.15, 0.2) is 0 Å². The topological polar surface area (TPSA) is 110 Å². The Balaban J connectivity index is 2.25. The fraction of sp³-hybridized carbons (Fsp3) is 0.579. The van der Waals surface area contributed by atoms with Crippen LogP contribution >= 0.6 is 11.6 Å². The van der Waals surface area contributed by atoms with Crippen molar-refractivity contribution in [2.45, 2.75) is 45.4 Å². The number of amides is 2. The standard InChI is InChI=1S/C19H27ClN2O5/c1-11(12(2)21-17(25)26)16(24)22-9-15(23)19(27,18(3,4)10-22)13-5-7-14(20)8-6-13/h5-8,11-12,15,21,23,27H,9-10H2,1-4H3,(H,25,26)/t11-,12?,15+,19+/m1/s1. The summed E-state index contributed by atoms with van der Waals surface area (Å²) in [5.41, 5.74) is -1.87. The van der Waals surface area contributed by atoms with Gasteiger partial charge in [0.05, 0.1) is 5.92 Å². The van der Waals surface area contributed by atoms with Crippen LogP contribution in [0.25, 0.3) is 0 Å². The summed E-state index contributed by atoms with van der Waals surface area (Å²) < 4.78 is 0. The third-order valence-electron chi connectivity index (χ3n) is 5.58. The van der Waals surface area contributed by atoms with E-state index >= 15 is 0 Å². The second-order valence-electron chi connectivity index (χ2n) is 7.92. The van der Waals surface area contributed by atoms with Crippen LogP contribution in [-0.4, -0.2) is 57.5 Å². The van der Waals surface area contributed by atoms with Crippen LogP contribution in [0, 0.1) is 11.3 Å². The van der Waals surface area contributed by atoms with E-state index in [4.69, 9.17) is 16.7 Å². The molecular formula is C19H27ClN2O5. The predicted octanol–water partition coefficient (Wildman–Crippen LogP) is 2.05. The van der Waals surface area contributed by atoms with Crippen LogP contribution in [0.1, 0.15) is 33.3 Å². The Morgan fingerprint density at radius 3 is 2.30 bits per heavy atom. The SMILES string of the molecule is CC(NC(=O)O)[C@@H](C)C(=O)N1C[C@H](O)[C@@](O)(c2ccc(Cl)cc2)C(C)(C)C1. The highest BCUT2D eigenvalue weighted by Crippen LogP contribution is 2.46. The molecule has 7 nitrogen and oxygen atoms in total. The van der Waals surface area contributed by atoms with Crippen LogP contribution in [0.15, 0.2) is 24.3 Å². The lowest BCUT2D eigenvalue weighted by Gasteiger charge is -2.53. The van der Waals surface area contributed by atoms with Crippen molar-refractivity contribution in [2.75, 3.05) is 13.1 Å². The molecule has 27 heavy (non-hydrogen) atoms. The number of β-amino-alcohol motifs (C(OH)–C–C–N with tert-alkyl or cyclic N) is 1. The number of piperidine rings is 1. The molecule has 2 rings (SSSR count). The molecule has 1 fully saturated rings. The van der Waals surface area contributed by atoms with Crippen LogP contribution in [-0.2, 0) is 10.4 Å². The molecule has 1 unspecified atom stereocenters. The number of carboxylic acid groups (broad SMARTS) is 1. The molecule has 0 bridgehead atoms. The summed E-state index contributed by atoms with van der Waals surface area (Å²) in [6, 6.07) is 6.07. The minimum Gasteiger partial charge on any atom is -0.465 e. The molecule has 1 saturated heterocycles. The van der Waals surface area contributed by atoms with E-state index in [2.05, 4.69) is 5.32 Å². The Kier molecular flexibility index (Phi) is 6.09. The van der Waals surface area contributed by atoms with Crippen molar-refractivity contribution in [3.63, 3.8) is 0 Å². The van der Waals surface area contributed by atoms with E-state index in [0.29, 0.717) is 10.6 Å². The number of nitrogens with one attached hydrogen (secondary N) is 1. The highest BCUT2D eigenvalue weighted by atomic mass is 35.5. The molecule has 4 atom stereocenters. The number of carbonyl (C=O) groups excluding carboxylic acids is 1. The molecule has 1 heterocycles. The summed E-state index contributed by atoms with van der Waals surface area (Å²) in [6.45, 7) is 6.99. The Morgan fingerprint density at radius 2 is 1.81 bits per heavy atom. The Bertz CT molecular complexity index is 709. The smallest absolute Gasteiger partial charge is 0.404 e. The number of hydrogen-bond donors (Lipinski definition) is 4. The Labute approximate surface area is 163 Å². The van der Waals surface area contributed by atoms with Crippen molar-refractivity contribution < 1.29 is 24.9 Å². The highest BCUT2D eigenvalue weighted by molar-refractivity contribution is 6.30. The first-order chi connectivity index (χ1) is 12.4. The summed E-state index contributed by atoms with van der Waals surface area (Å²) in [7, 11) is 0. The zero-order valence-electron chi connectivity index (χ0n) is 15.9. The van der Waals surface area contributed by atoms with Gasteiger partial charge in [-0.2, -0.15) is 0 Å². The first-order valence-corrected chi connectivity index (χ1v) is 9.22. The van der Waals surface area contributed by atoms with Gasteiger partial charge in [-0.25, -0.2) is 4.79 Å². The molecule has 8 heteroatoms. The summed E-state index contributed by atoms with van der Waals surface area (Å²) >= 11 is 5.92. The maximum absolute atomic E-state index is 12.8. The fourth-order valence-electron chi connectivity index (χ4n) is 3.73. The highest BCUT2D eigenvalue weighted by Gasteiger charge is 2.55. The normalized spacial score (nSPS) is 26.9. The summed E-state index contributed by atoms with van der Waals surface area (Å²) in [6.07, 6.45) is -2.40. The number of aliphatic hydroxyl groups excluding tert-OH is 1. The van der Waals surface area contributed by atoms with Crippen LogP contribution in [0.2, 0.25) is 5.02 Å². The third kappa shape index (κ3) is 4.05. The van der Waals surface area contributed by atoms with E-state index in [0.717, 1.165) is 0 Å². The van der Waals surface area contributed by atoms with E-state index in [1.165, 1.54) is 4.90 Å². The van der Waals surface area contributed by atoms with Crippen LogP contribution in [0.4, 0.5) is 4.79 Å². The zero-order chi connectivity index (χ0) is 20.6. The van der Waals surface area contributed by atoms with Gasteiger partial charge >= 0.3 is 6.09 Å². The van der Waals surface area contributed by atoms with E-state index in [9.17, 15) is 19.8 Å². The number of nitrogens with zero attached hydrogens (tertiary/aromatic N) is 1. The van der Waals surface area contributed by atoms with Crippen molar-refractivity contribution in [1.29, 1.82) is 0 Å². The maximum Gasteiger partial charge on any atom is 0.404 e. The largest absolute Gasteiger partial charge is 0.465 e. The Hall–Kier alpha value is -1.83. The average molecular weight is 399 g/mol. The van der Waals surface area contributed by atoms with Gasteiger partial charge in [0, 0.05) is 29.6 Å². The number of benzene rings is 1. The predicted molar refractivity (Wildman–Crippen MR) is 102 cm³/mol. The van der Waals surface area contributed by atoms with Gasteiger partial charge in [0.25, 0.3) is 0 Å². The molecule has 0 saturated carbocycles. The Morgan fingerprint density at radius 1 is 1.26 bits per heavy atom. The molecular weight excluding hydrogens is 372 g/mol. The van der Waals surface area contributed by atoms with Gasteiger partial charge in [0.2, 0.25) is 5.91 Å². The summed E-state index contributed by atoms with van der Waals surface area (Å²) in [5.74, 6) is -0.882. The van der Waals surface area contributed by atoms with Crippen molar-refractivity contribution in [3.05, 3.63) is 34.9 Å². The molecule has 1 aliphatic heterocycles. The van der Waals surface area contributed by atoms with Gasteiger partial charge < -0.3 is 25.5 Å². The lowest BCUT2D eigenvalue weighted by Crippen LogP contribution is -2.65. The number of rotatable bonds is 4. The fourth-order valence-corrected chi connectivity index (χ4v) is 3.86. The minimum absolute atomic E-state index is 0.0501. The van der Waals surface area contributed by atoms with Gasteiger partial charge in [-0.15, -0.1) is 0 Å². The van der Waals surface area contributed by atoms with Crippen molar-refractivity contribution >= 4 is 23.6 Å². The summed E-state index contributed by atoms with van der Waals surface area (Å²) in [5, 5.41) is 33.8. The molecule has 1 aromatic rings. The van der Waals surface area contributed by atoms with Crippen LogP contribution in [0.5, 0.6) is 0 Å². The third-order valence-corrected chi connectivity index (χ3v) is 5.83. The molecule has 0 aliphatic carbocycles. The molecule has 0 spiro atoms. The number of likely N-dealkylation sites (tertiary alicyclic amines) is 1. The summed E-state index contributed by atoms with van der Waals surface area (Å²) in [4.78, 5) is 25.1. The number of carbonyl (C=O) groups is 2. The van der Waals surface area contributed by atoms with E-state index < -0.39 is 35.2 Å². The number of halogens is 1. The second-order valence-corrected chi connectivity index (χ2v) is 8.35. The lowest BCUT2D eigenvalue weighted by atomic mass is 9.65.